The van der Waals surface area contributed by atoms with Gasteiger partial charge in [-0.25, -0.2) is 0 Å². The number of fused-ring (bicyclic) bond motifs is 1. The van der Waals surface area contributed by atoms with Gasteiger partial charge in [0, 0.05) is 0 Å². The maximum absolute atomic E-state index is 12.2. The van der Waals surface area contributed by atoms with Crippen LogP contribution in [0.5, 0.6) is 0 Å². The summed E-state index contributed by atoms with van der Waals surface area (Å²) in [6.45, 7) is 1.96. The van der Waals surface area contributed by atoms with Crippen LogP contribution < -0.4 is 5.73 Å². The van der Waals surface area contributed by atoms with Gasteiger partial charge in [-0.1, -0.05) is 37.7 Å². The zero-order valence-corrected chi connectivity index (χ0v) is 10.9. The van der Waals surface area contributed by atoms with Crippen LogP contribution in [0, 0.1) is 0 Å². The molecule has 0 saturated carbocycles. The van der Waals surface area contributed by atoms with Crippen LogP contribution in [-0.4, -0.2) is 27.7 Å². The van der Waals surface area contributed by atoms with E-state index < -0.39 is 6.04 Å². The predicted octanol–water partition coefficient (Wildman–Crippen LogP) is 1.74. The van der Waals surface area contributed by atoms with Gasteiger partial charge < -0.3 is 5.73 Å². The highest BCUT2D eigenvalue weighted by molar-refractivity contribution is 7.80. The van der Waals surface area contributed by atoms with Crippen molar-refractivity contribution in [2.75, 3.05) is 0 Å². The highest BCUT2D eigenvalue weighted by Gasteiger charge is 2.40. The molecule has 1 atom stereocenters. The Morgan fingerprint density at radius 3 is 2.17 bits per heavy atom. The molecule has 0 radical (unpaired) electrons. The summed E-state index contributed by atoms with van der Waals surface area (Å²) < 4.78 is 0. The van der Waals surface area contributed by atoms with Gasteiger partial charge in [0.15, 0.2) is 0 Å². The van der Waals surface area contributed by atoms with Gasteiger partial charge in [-0.3, -0.25) is 14.5 Å². The molecule has 2 rings (SSSR count). The molecule has 2 N–H and O–H groups in total. The number of hydrogen-bond acceptors (Lipinski definition) is 3. The second-order valence-corrected chi connectivity index (χ2v) is 4.70. The van der Waals surface area contributed by atoms with Crippen LogP contribution in [0.2, 0.25) is 0 Å². The van der Waals surface area contributed by atoms with Gasteiger partial charge in [0.05, 0.1) is 22.2 Å². The SMILES string of the molecule is CCCC(C(N)=S)N1C(=O)c2ccccc2C1=O. The maximum atomic E-state index is 12.2. The van der Waals surface area contributed by atoms with Crippen molar-refractivity contribution in [3.05, 3.63) is 35.4 Å². The topological polar surface area (TPSA) is 63.4 Å². The van der Waals surface area contributed by atoms with E-state index in [4.69, 9.17) is 18.0 Å². The molecule has 2 amide bonds. The molecule has 1 heterocycles. The Morgan fingerprint density at radius 1 is 1.28 bits per heavy atom. The van der Waals surface area contributed by atoms with Crippen molar-refractivity contribution in [2.24, 2.45) is 5.73 Å². The molecule has 94 valence electrons. The number of imide groups is 1. The Morgan fingerprint density at radius 2 is 1.78 bits per heavy atom. The van der Waals surface area contributed by atoms with Gasteiger partial charge in [-0.05, 0) is 18.6 Å². The van der Waals surface area contributed by atoms with Crippen LogP contribution in [0.4, 0.5) is 0 Å². The Balaban J connectivity index is 2.41. The summed E-state index contributed by atoms with van der Waals surface area (Å²) >= 11 is 4.97. The molecular formula is C13H14N2O2S. The molecule has 0 aliphatic carbocycles. The zero-order chi connectivity index (χ0) is 13.3. The van der Waals surface area contributed by atoms with E-state index in [0.717, 1.165) is 6.42 Å². The Bertz CT molecular complexity index is 492. The number of rotatable bonds is 4. The summed E-state index contributed by atoms with van der Waals surface area (Å²) in [6, 6.07) is 6.29. The number of nitrogens with two attached hydrogens (primary N) is 1. The van der Waals surface area contributed by atoms with Crippen LogP contribution in [0.3, 0.4) is 0 Å². The van der Waals surface area contributed by atoms with Crippen molar-refractivity contribution in [1.29, 1.82) is 0 Å². The van der Waals surface area contributed by atoms with Crippen LogP contribution >= 0.6 is 12.2 Å². The lowest BCUT2D eigenvalue weighted by Crippen LogP contribution is -2.46. The fraction of sp³-hybridized carbons (Fsp3) is 0.308. The van der Waals surface area contributed by atoms with E-state index in [9.17, 15) is 9.59 Å². The van der Waals surface area contributed by atoms with Crippen molar-refractivity contribution in [3.63, 3.8) is 0 Å². The van der Waals surface area contributed by atoms with E-state index in [0.29, 0.717) is 17.5 Å². The van der Waals surface area contributed by atoms with Crippen molar-refractivity contribution in [3.8, 4) is 0 Å². The van der Waals surface area contributed by atoms with Crippen LogP contribution in [0.1, 0.15) is 40.5 Å². The number of carbonyl (C=O) groups excluding carboxylic acids is 2. The third-order valence-corrected chi connectivity index (χ3v) is 3.30. The summed E-state index contributed by atoms with van der Waals surface area (Å²) in [5.74, 6) is -0.608. The summed E-state index contributed by atoms with van der Waals surface area (Å²) in [7, 11) is 0. The van der Waals surface area contributed by atoms with E-state index in [-0.39, 0.29) is 16.8 Å². The van der Waals surface area contributed by atoms with Crippen molar-refractivity contribution in [1.82, 2.24) is 4.90 Å². The molecule has 0 bridgehead atoms. The number of amides is 2. The van der Waals surface area contributed by atoms with E-state index in [2.05, 4.69) is 0 Å². The minimum absolute atomic E-state index is 0.186. The number of thiocarbonyl (C=S) groups is 1. The van der Waals surface area contributed by atoms with Crippen LogP contribution in [0.15, 0.2) is 24.3 Å². The highest BCUT2D eigenvalue weighted by atomic mass is 32.1. The molecule has 1 aromatic carbocycles. The quantitative estimate of drug-likeness (QED) is 0.663. The summed E-state index contributed by atoms with van der Waals surface area (Å²) in [4.78, 5) is 25.8. The van der Waals surface area contributed by atoms with E-state index in [1.165, 1.54) is 4.90 Å². The smallest absolute Gasteiger partial charge is 0.262 e. The molecule has 1 aliphatic heterocycles. The van der Waals surface area contributed by atoms with E-state index in [1.54, 1.807) is 24.3 Å². The zero-order valence-electron chi connectivity index (χ0n) is 10.1. The van der Waals surface area contributed by atoms with E-state index >= 15 is 0 Å². The summed E-state index contributed by atoms with van der Waals surface area (Å²) in [5, 5.41) is 0. The highest BCUT2D eigenvalue weighted by Crippen LogP contribution is 2.26. The second kappa shape index (κ2) is 4.86. The van der Waals surface area contributed by atoms with Gasteiger partial charge in [-0.2, -0.15) is 0 Å². The third-order valence-electron chi connectivity index (χ3n) is 3.03. The first-order valence-electron chi connectivity index (χ1n) is 5.84. The van der Waals surface area contributed by atoms with Gasteiger partial charge >= 0.3 is 0 Å². The van der Waals surface area contributed by atoms with Crippen LogP contribution in [0.25, 0.3) is 0 Å². The fourth-order valence-corrected chi connectivity index (χ4v) is 2.39. The minimum Gasteiger partial charge on any atom is -0.392 e. The van der Waals surface area contributed by atoms with Gasteiger partial charge in [-0.15, -0.1) is 0 Å². The van der Waals surface area contributed by atoms with Crippen molar-refractivity contribution >= 4 is 29.0 Å². The molecule has 0 aromatic heterocycles. The Labute approximate surface area is 111 Å². The lowest BCUT2D eigenvalue weighted by atomic mass is 10.1. The largest absolute Gasteiger partial charge is 0.392 e. The maximum Gasteiger partial charge on any atom is 0.262 e. The normalized spacial score (nSPS) is 15.7. The molecule has 18 heavy (non-hydrogen) atoms. The van der Waals surface area contributed by atoms with Gasteiger partial charge in [0.2, 0.25) is 0 Å². The average Bonchev–Trinajstić information content (AvgIpc) is 2.60. The van der Waals surface area contributed by atoms with Crippen molar-refractivity contribution < 1.29 is 9.59 Å². The monoisotopic (exact) mass is 262 g/mol. The lowest BCUT2D eigenvalue weighted by molar-refractivity contribution is 0.0621. The van der Waals surface area contributed by atoms with Crippen molar-refractivity contribution in [2.45, 2.75) is 25.8 Å². The van der Waals surface area contributed by atoms with Crippen LogP contribution in [-0.2, 0) is 0 Å². The lowest BCUT2D eigenvalue weighted by Gasteiger charge is -2.24. The second-order valence-electron chi connectivity index (χ2n) is 4.23. The molecule has 0 fully saturated rings. The molecule has 0 saturated heterocycles. The first kappa shape index (κ1) is 12.7. The molecule has 0 spiro atoms. The number of benzene rings is 1. The third kappa shape index (κ3) is 1.90. The Hall–Kier alpha value is -1.75. The number of nitrogens with zero attached hydrogens (tertiary/aromatic N) is 1. The summed E-state index contributed by atoms with van der Waals surface area (Å²) in [6.07, 6.45) is 1.40. The first-order chi connectivity index (χ1) is 8.57. The number of carbonyl (C=O) groups is 2. The molecule has 1 aliphatic rings. The molecule has 1 unspecified atom stereocenters. The number of hydrogen-bond donors (Lipinski definition) is 1. The molecule has 4 nitrogen and oxygen atoms in total. The predicted molar refractivity (Wildman–Crippen MR) is 72.4 cm³/mol. The molecule has 1 aromatic rings. The molecule has 5 heteroatoms. The minimum atomic E-state index is -0.489. The first-order valence-corrected chi connectivity index (χ1v) is 6.25. The summed E-state index contributed by atoms with van der Waals surface area (Å²) in [5.41, 5.74) is 6.51. The van der Waals surface area contributed by atoms with Gasteiger partial charge in [0.1, 0.15) is 0 Å². The van der Waals surface area contributed by atoms with E-state index in [1.807, 2.05) is 6.92 Å². The fourth-order valence-electron chi connectivity index (χ4n) is 2.16. The molecular weight excluding hydrogens is 248 g/mol. The average molecular weight is 262 g/mol. The standard InChI is InChI=1S/C13H14N2O2S/c1-2-5-10(11(14)18)15-12(16)8-6-3-4-7-9(8)13(15)17/h3-4,6-7,10H,2,5H2,1H3,(H2,14,18). The van der Waals surface area contributed by atoms with Gasteiger partial charge in [0.25, 0.3) is 11.8 Å². The Kier molecular flexibility index (Phi) is 3.43.